The summed E-state index contributed by atoms with van der Waals surface area (Å²) in [4.78, 5) is 7.64. The zero-order chi connectivity index (χ0) is 40.3. The second-order valence-electron chi connectivity index (χ2n) is 15.5. The van der Waals surface area contributed by atoms with Gasteiger partial charge in [0.05, 0.1) is 0 Å². The molecule has 0 aliphatic rings. The fourth-order valence-corrected chi connectivity index (χ4v) is 10.3. The van der Waals surface area contributed by atoms with E-state index in [0.29, 0.717) is 5.89 Å². The number of aromatic nitrogens is 1. The van der Waals surface area contributed by atoms with Crippen molar-refractivity contribution in [2.75, 3.05) is 4.90 Å². The van der Waals surface area contributed by atoms with Crippen LogP contribution >= 0.6 is 11.3 Å². The summed E-state index contributed by atoms with van der Waals surface area (Å²) in [7, 11) is 0. The molecule has 12 aromatic rings. The lowest BCUT2D eigenvalue weighted by Gasteiger charge is -2.28. The molecule has 1 atom stereocenters. The smallest absolute Gasteiger partial charge is 0.227 e. The van der Waals surface area contributed by atoms with Gasteiger partial charge in [0.2, 0.25) is 5.89 Å². The van der Waals surface area contributed by atoms with Gasteiger partial charge in [0.25, 0.3) is 0 Å². The predicted octanol–water partition coefficient (Wildman–Crippen LogP) is 16.1. The lowest BCUT2D eigenvalue weighted by molar-refractivity contribution is 0.614. The third-order valence-electron chi connectivity index (χ3n) is 11.8. The molecule has 61 heavy (non-hydrogen) atoms. The lowest BCUT2D eigenvalue weighted by atomic mass is 9.83. The minimum absolute atomic E-state index is 0.185. The van der Waals surface area contributed by atoms with Crippen LogP contribution in [0.15, 0.2) is 221 Å². The van der Waals surface area contributed by atoms with Crippen LogP contribution in [0.3, 0.4) is 0 Å². The molecule has 5 heteroatoms. The number of hydrogen-bond acceptors (Lipinski definition) is 5. The molecule has 0 spiro atoms. The standard InChI is InChI=1S/C56H36N2O2S/c1-4-16-36(17-5-1)39-22-14-23-40(32-39)58(41-30-31-51-47(33-41)43-24-10-12-28-50(43)59-51)42-34-48(54-49(35-42)57-56(60-54)38-20-8-3-9-21-38)53(37-18-6-2-7-19-37)46-27-15-26-45-44-25-11-13-29-52(44)61-55(45)46/h1-35,53H. The van der Waals surface area contributed by atoms with Gasteiger partial charge >= 0.3 is 0 Å². The Morgan fingerprint density at radius 3 is 1.92 bits per heavy atom. The van der Waals surface area contributed by atoms with Crippen molar-refractivity contribution < 1.29 is 8.83 Å². The van der Waals surface area contributed by atoms with Crippen LogP contribution in [0.2, 0.25) is 0 Å². The number of benzene rings is 9. The van der Waals surface area contributed by atoms with Gasteiger partial charge in [-0.1, -0.05) is 146 Å². The first-order valence-electron chi connectivity index (χ1n) is 20.6. The summed E-state index contributed by atoms with van der Waals surface area (Å²) in [6, 6.07) is 75.2. The molecule has 0 radical (unpaired) electrons. The second kappa shape index (κ2) is 14.5. The normalized spacial score (nSPS) is 12.2. The van der Waals surface area contributed by atoms with Crippen LogP contribution in [0.4, 0.5) is 17.1 Å². The number of hydrogen-bond donors (Lipinski definition) is 0. The van der Waals surface area contributed by atoms with E-state index >= 15 is 0 Å². The van der Waals surface area contributed by atoms with E-state index in [9.17, 15) is 0 Å². The van der Waals surface area contributed by atoms with Crippen molar-refractivity contribution in [1.29, 1.82) is 0 Å². The molecule has 0 amide bonds. The highest BCUT2D eigenvalue weighted by Crippen LogP contribution is 2.48. The average Bonchev–Trinajstić information content (AvgIpc) is 4.04. The molecule has 4 nitrogen and oxygen atoms in total. The number of oxazole rings is 1. The summed E-state index contributed by atoms with van der Waals surface area (Å²) in [5.41, 5.74) is 12.9. The van der Waals surface area contributed by atoms with Crippen molar-refractivity contribution >= 4 is 81.6 Å². The van der Waals surface area contributed by atoms with Crippen LogP contribution in [-0.2, 0) is 0 Å². The Kier molecular flexibility index (Phi) is 8.39. The summed E-state index contributed by atoms with van der Waals surface area (Å²) in [5.74, 6) is 0.402. The van der Waals surface area contributed by atoms with Crippen molar-refractivity contribution in [3.63, 3.8) is 0 Å². The zero-order valence-corrected chi connectivity index (χ0v) is 33.7. The average molecular weight is 801 g/mol. The van der Waals surface area contributed by atoms with Crippen LogP contribution < -0.4 is 4.90 Å². The maximum atomic E-state index is 6.96. The van der Waals surface area contributed by atoms with Crippen molar-refractivity contribution in [1.82, 2.24) is 4.98 Å². The monoisotopic (exact) mass is 800 g/mol. The highest BCUT2D eigenvalue weighted by Gasteiger charge is 2.28. The molecular formula is C56H36N2O2S. The van der Waals surface area contributed by atoms with E-state index in [0.717, 1.165) is 72.4 Å². The van der Waals surface area contributed by atoms with Crippen LogP contribution in [0.5, 0.6) is 0 Å². The van der Waals surface area contributed by atoms with E-state index in [1.54, 1.807) is 0 Å². The van der Waals surface area contributed by atoms with E-state index in [-0.39, 0.29) is 5.92 Å². The molecule has 12 rings (SSSR count). The zero-order valence-electron chi connectivity index (χ0n) is 32.9. The quantitative estimate of drug-likeness (QED) is 0.144. The van der Waals surface area contributed by atoms with Gasteiger partial charge in [-0.25, -0.2) is 4.98 Å². The van der Waals surface area contributed by atoms with Gasteiger partial charge in [-0.3, -0.25) is 0 Å². The third kappa shape index (κ3) is 6.09. The highest BCUT2D eigenvalue weighted by atomic mass is 32.1. The minimum atomic E-state index is -0.185. The molecule has 0 aliphatic heterocycles. The van der Waals surface area contributed by atoms with Gasteiger partial charge in [-0.15, -0.1) is 11.3 Å². The highest BCUT2D eigenvalue weighted by molar-refractivity contribution is 7.26. The van der Waals surface area contributed by atoms with E-state index < -0.39 is 0 Å². The molecule has 0 saturated heterocycles. The topological polar surface area (TPSA) is 42.4 Å². The maximum Gasteiger partial charge on any atom is 0.227 e. The van der Waals surface area contributed by atoms with E-state index in [2.05, 4.69) is 187 Å². The Morgan fingerprint density at radius 1 is 0.426 bits per heavy atom. The number of rotatable bonds is 8. The second-order valence-corrected chi connectivity index (χ2v) is 16.5. The van der Waals surface area contributed by atoms with Crippen molar-refractivity contribution in [3.05, 3.63) is 229 Å². The van der Waals surface area contributed by atoms with Crippen molar-refractivity contribution in [3.8, 4) is 22.6 Å². The molecule has 288 valence electrons. The lowest BCUT2D eigenvalue weighted by Crippen LogP contribution is -2.12. The van der Waals surface area contributed by atoms with Crippen LogP contribution in [-0.4, -0.2) is 4.98 Å². The number of furan rings is 1. The molecule has 3 heterocycles. The number of fused-ring (bicyclic) bond motifs is 7. The van der Waals surface area contributed by atoms with Gasteiger partial charge < -0.3 is 13.7 Å². The first-order chi connectivity index (χ1) is 30.2. The van der Waals surface area contributed by atoms with Gasteiger partial charge in [-0.2, -0.15) is 0 Å². The number of anilines is 3. The summed E-state index contributed by atoms with van der Waals surface area (Å²) in [6.07, 6.45) is 0. The number of nitrogens with zero attached hydrogens (tertiary/aromatic N) is 2. The molecule has 1 unspecified atom stereocenters. The summed E-state index contributed by atoms with van der Waals surface area (Å²) in [5, 5.41) is 4.67. The number of thiophene rings is 1. The third-order valence-corrected chi connectivity index (χ3v) is 13.0. The predicted molar refractivity (Wildman–Crippen MR) is 254 cm³/mol. The minimum Gasteiger partial charge on any atom is -0.456 e. The fourth-order valence-electron chi connectivity index (χ4n) is 9.01. The van der Waals surface area contributed by atoms with Crippen molar-refractivity contribution in [2.24, 2.45) is 0 Å². The largest absolute Gasteiger partial charge is 0.456 e. The van der Waals surface area contributed by atoms with Gasteiger partial charge in [0.1, 0.15) is 16.7 Å². The molecule has 0 N–H and O–H groups in total. The Hall–Kier alpha value is -7.73. The first kappa shape index (κ1) is 35.2. The Labute approximate surface area is 356 Å². The van der Waals surface area contributed by atoms with Crippen LogP contribution in [0, 0.1) is 0 Å². The molecule has 9 aromatic carbocycles. The summed E-state index contributed by atoms with van der Waals surface area (Å²) >= 11 is 1.85. The van der Waals surface area contributed by atoms with E-state index in [4.69, 9.17) is 13.8 Å². The molecule has 0 saturated carbocycles. The van der Waals surface area contributed by atoms with Gasteiger partial charge in [0.15, 0.2) is 5.58 Å². The summed E-state index contributed by atoms with van der Waals surface area (Å²) < 4.78 is 15.8. The molecule has 0 fully saturated rings. The van der Waals surface area contributed by atoms with E-state index in [1.807, 2.05) is 41.7 Å². The van der Waals surface area contributed by atoms with Gasteiger partial charge in [-0.05, 0) is 89.0 Å². The first-order valence-corrected chi connectivity index (χ1v) is 21.4. The molecule has 0 aliphatic carbocycles. The Balaban J connectivity index is 1.16. The maximum absolute atomic E-state index is 6.96. The molecular weight excluding hydrogens is 765 g/mol. The number of para-hydroxylation sites is 1. The molecule has 0 bridgehead atoms. The fraction of sp³-hybridized carbons (Fsp3) is 0.0179. The Morgan fingerprint density at radius 2 is 1.08 bits per heavy atom. The van der Waals surface area contributed by atoms with E-state index in [1.165, 1.54) is 31.3 Å². The molecule has 3 aromatic heterocycles. The SMILES string of the molecule is c1ccc(-c2cccc(N(c3cc(C(c4ccccc4)c4cccc5c4sc4ccccc45)c4oc(-c5ccccc5)nc4c3)c3ccc4oc5ccccc5c4c3)c2)cc1. The van der Waals surface area contributed by atoms with Gasteiger partial charge in [0, 0.05) is 65.1 Å². The summed E-state index contributed by atoms with van der Waals surface area (Å²) in [6.45, 7) is 0. The van der Waals surface area contributed by atoms with Crippen LogP contribution in [0.25, 0.3) is 75.8 Å². The van der Waals surface area contributed by atoms with Crippen LogP contribution in [0.1, 0.15) is 22.6 Å². The Bertz CT molecular complexity index is 3550. The van der Waals surface area contributed by atoms with Crippen molar-refractivity contribution in [2.45, 2.75) is 5.92 Å².